The molecule has 2 N–H and O–H groups in total. The summed E-state index contributed by atoms with van der Waals surface area (Å²) in [6.45, 7) is 0.236. The molecule has 4 rings (SSSR count). The Balaban J connectivity index is 0.00000441. The molecule has 0 saturated carbocycles. The average Bonchev–Trinajstić information content (AvgIpc) is 3.00. The maximum Gasteiger partial charge on any atom is 0.311 e. The van der Waals surface area contributed by atoms with Crippen LogP contribution < -0.4 is 5.32 Å². The van der Waals surface area contributed by atoms with Gasteiger partial charge in [-0.1, -0.05) is 84.4 Å². The van der Waals surface area contributed by atoms with Gasteiger partial charge in [0.1, 0.15) is 0 Å². The molecular formula is C33H30AcN3O3-. The summed E-state index contributed by atoms with van der Waals surface area (Å²) in [5, 5.41) is 12.4. The van der Waals surface area contributed by atoms with Crippen molar-refractivity contribution < 1.29 is 58.4 Å². The largest absolute Gasteiger partial charge is 0.674 e. The van der Waals surface area contributed by atoms with E-state index < -0.39 is 17.9 Å². The molecule has 4 aromatic carbocycles. The van der Waals surface area contributed by atoms with Gasteiger partial charge in [-0.25, -0.2) is 0 Å². The molecule has 6 nitrogen and oxygen atoms in total. The first kappa shape index (κ1) is 31.2. The number of carbonyl (C=O) groups is 2. The van der Waals surface area contributed by atoms with E-state index in [4.69, 9.17) is 10.5 Å². The Hall–Kier alpha value is -3.29. The first-order chi connectivity index (χ1) is 19.0. The maximum absolute atomic E-state index is 13.4. The Morgan fingerprint density at radius 3 is 2.05 bits per heavy atom. The van der Waals surface area contributed by atoms with Crippen molar-refractivity contribution in [1.82, 2.24) is 5.32 Å². The minimum Gasteiger partial charge on any atom is -0.674 e. The molecule has 1 radical (unpaired) electrons. The Labute approximate surface area is 271 Å². The van der Waals surface area contributed by atoms with Crippen LogP contribution >= 0.6 is 0 Å². The normalized spacial score (nSPS) is 11.8. The van der Waals surface area contributed by atoms with Crippen LogP contribution in [0, 0.1) is 61.3 Å². The summed E-state index contributed by atoms with van der Waals surface area (Å²) in [4.78, 5) is 26.4. The zero-order valence-electron chi connectivity index (χ0n) is 22.3. The molecule has 2 unspecified atom stereocenters. The van der Waals surface area contributed by atoms with Crippen LogP contribution in [0.5, 0.6) is 0 Å². The van der Waals surface area contributed by atoms with Gasteiger partial charge in [0.05, 0.1) is 24.7 Å². The van der Waals surface area contributed by atoms with Crippen LogP contribution in [-0.2, 0) is 28.9 Å². The van der Waals surface area contributed by atoms with E-state index in [1.54, 1.807) is 30.3 Å². The Morgan fingerprint density at radius 2 is 1.45 bits per heavy atom. The molecule has 0 fully saturated rings. The topological polar surface area (TPSA) is 103 Å². The van der Waals surface area contributed by atoms with Crippen molar-refractivity contribution in [2.24, 2.45) is 5.92 Å². The fraction of sp³-hybridized carbons (Fsp3) is 0.182. The number of carbonyl (C=O) groups excluding carboxylic acids is 2. The van der Waals surface area contributed by atoms with Crippen molar-refractivity contribution in [3.8, 4) is 17.2 Å². The second kappa shape index (κ2) is 15.5. The molecule has 0 saturated heterocycles. The van der Waals surface area contributed by atoms with E-state index >= 15 is 0 Å². The Morgan fingerprint density at radius 1 is 0.825 bits per heavy atom. The van der Waals surface area contributed by atoms with E-state index in [-0.39, 0.29) is 56.5 Å². The summed E-state index contributed by atoms with van der Waals surface area (Å²) in [7, 11) is 1.34. The van der Waals surface area contributed by atoms with Gasteiger partial charge in [0.25, 0.3) is 5.91 Å². The molecule has 0 spiro atoms. The molecule has 4 aromatic rings. The van der Waals surface area contributed by atoms with Crippen LogP contribution in [0.2, 0.25) is 0 Å². The van der Waals surface area contributed by atoms with Gasteiger partial charge in [-0.15, -0.1) is 6.54 Å². The number of hydrogen-bond donors (Lipinski definition) is 1. The van der Waals surface area contributed by atoms with Gasteiger partial charge in [-0.3, -0.25) is 9.59 Å². The summed E-state index contributed by atoms with van der Waals surface area (Å²) < 4.78 is 5.16. The van der Waals surface area contributed by atoms with Crippen molar-refractivity contribution in [1.29, 1.82) is 5.26 Å². The van der Waals surface area contributed by atoms with E-state index in [0.29, 0.717) is 24.0 Å². The summed E-state index contributed by atoms with van der Waals surface area (Å²) in [5.41, 5.74) is 13.2. The second-order valence-electron chi connectivity index (χ2n) is 9.37. The van der Waals surface area contributed by atoms with Crippen LogP contribution in [0.4, 0.5) is 0 Å². The fourth-order valence-electron chi connectivity index (χ4n) is 4.61. The van der Waals surface area contributed by atoms with Gasteiger partial charge in [-0.05, 0) is 59.4 Å². The van der Waals surface area contributed by atoms with Crippen LogP contribution in [-0.4, -0.2) is 25.0 Å². The standard InChI is InChI=1S/C33H30N3O3.Ac/c1-39-33(38)30(19-25-8-5-9-26(18-25)22-35)31(20-23-6-3-2-4-7-23)36-32(37)29-16-14-28(15-17-29)27-12-10-24(21-34)11-13-27;/h2-18,30-31,34H,19-21H2,1H3,(H,36,37);/q-1;. The van der Waals surface area contributed by atoms with E-state index in [2.05, 4.69) is 11.4 Å². The smallest absolute Gasteiger partial charge is 0.311 e. The zero-order valence-corrected chi connectivity index (χ0v) is 27.1. The summed E-state index contributed by atoms with van der Waals surface area (Å²) in [5.74, 6) is -1.38. The predicted octanol–water partition coefficient (Wildman–Crippen LogP) is 6.15. The molecule has 40 heavy (non-hydrogen) atoms. The molecular weight excluding hydrogens is 713 g/mol. The SMILES string of the molecule is COC(=O)C(Cc1cccc(C#N)c1)C(Cc1ccccc1)NC(=O)c1ccc(-c2ccc(C[NH-])cc2)cc1.[Ac]. The minimum atomic E-state index is -0.664. The van der Waals surface area contributed by atoms with Gasteiger partial charge < -0.3 is 15.8 Å². The number of nitrogens with zero attached hydrogens (tertiary/aromatic N) is 1. The van der Waals surface area contributed by atoms with Gasteiger partial charge in [0.2, 0.25) is 0 Å². The number of amides is 1. The summed E-state index contributed by atoms with van der Waals surface area (Å²) in [6.07, 6.45) is 0.748. The number of hydrogen-bond acceptors (Lipinski definition) is 4. The van der Waals surface area contributed by atoms with Crippen LogP contribution in [0.15, 0.2) is 103 Å². The first-order valence-electron chi connectivity index (χ1n) is 12.8. The third-order valence-electron chi connectivity index (χ3n) is 6.75. The van der Waals surface area contributed by atoms with Gasteiger partial charge in [-0.2, -0.15) is 5.26 Å². The minimum absolute atomic E-state index is 0. The third-order valence-corrected chi connectivity index (χ3v) is 6.75. The van der Waals surface area contributed by atoms with Crippen LogP contribution in [0.1, 0.15) is 32.6 Å². The Kier molecular flexibility index (Phi) is 12.1. The Bertz CT molecular complexity index is 1450. The zero-order chi connectivity index (χ0) is 27.6. The maximum atomic E-state index is 13.4. The number of rotatable bonds is 10. The van der Waals surface area contributed by atoms with E-state index in [1.165, 1.54) is 7.11 Å². The van der Waals surface area contributed by atoms with Crippen molar-refractivity contribution >= 4 is 11.9 Å². The first-order valence-corrected chi connectivity index (χ1v) is 12.8. The van der Waals surface area contributed by atoms with Crippen molar-refractivity contribution in [2.45, 2.75) is 25.4 Å². The number of methoxy groups -OCH3 is 1. The molecule has 0 aliphatic rings. The van der Waals surface area contributed by atoms with E-state index in [1.807, 2.05) is 72.8 Å². The van der Waals surface area contributed by atoms with Gasteiger partial charge in [0, 0.05) is 55.7 Å². The van der Waals surface area contributed by atoms with Crippen molar-refractivity contribution in [2.75, 3.05) is 7.11 Å². The fourth-order valence-corrected chi connectivity index (χ4v) is 4.61. The van der Waals surface area contributed by atoms with Crippen molar-refractivity contribution in [3.05, 3.63) is 137 Å². The van der Waals surface area contributed by atoms with Crippen molar-refractivity contribution in [3.63, 3.8) is 0 Å². The number of esters is 1. The van der Waals surface area contributed by atoms with Gasteiger partial charge in [0.15, 0.2) is 0 Å². The van der Waals surface area contributed by atoms with Crippen LogP contribution in [0.25, 0.3) is 16.9 Å². The molecule has 199 valence electrons. The predicted molar refractivity (Wildman–Crippen MR) is 152 cm³/mol. The molecule has 1 amide bonds. The molecule has 0 aliphatic heterocycles. The molecule has 0 aliphatic carbocycles. The second-order valence-corrected chi connectivity index (χ2v) is 9.37. The number of nitrogens with one attached hydrogen (secondary N) is 2. The number of ether oxygens (including phenoxy) is 1. The number of benzene rings is 4. The summed E-state index contributed by atoms with van der Waals surface area (Å²) >= 11 is 0. The monoisotopic (exact) mass is 743 g/mol. The molecule has 2 atom stereocenters. The molecule has 0 aromatic heterocycles. The average molecular weight is 744 g/mol. The molecule has 7 heteroatoms. The molecule has 0 heterocycles. The number of nitriles is 1. The quantitative estimate of drug-likeness (QED) is 0.197. The summed E-state index contributed by atoms with van der Waals surface area (Å²) in [6, 6.07) is 33.5. The van der Waals surface area contributed by atoms with Gasteiger partial charge >= 0.3 is 5.97 Å². The van der Waals surface area contributed by atoms with E-state index in [9.17, 15) is 14.9 Å². The van der Waals surface area contributed by atoms with E-state index in [0.717, 1.165) is 27.8 Å². The third kappa shape index (κ3) is 8.36. The molecule has 0 bridgehead atoms. The van der Waals surface area contributed by atoms with Crippen LogP contribution in [0.3, 0.4) is 0 Å².